The van der Waals surface area contributed by atoms with E-state index in [-0.39, 0.29) is 0 Å². The lowest BCUT2D eigenvalue weighted by atomic mass is 9.90. The molecule has 2 unspecified atom stereocenters. The van der Waals surface area contributed by atoms with Crippen LogP contribution in [0, 0.1) is 5.92 Å². The topological polar surface area (TPSA) is 12.0 Å². The van der Waals surface area contributed by atoms with E-state index in [1.165, 1.54) is 57.9 Å². The molecule has 0 fully saturated rings. The lowest BCUT2D eigenvalue weighted by molar-refractivity contribution is 0.386. The van der Waals surface area contributed by atoms with E-state index in [0.717, 1.165) is 5.92 Å². The molecule has 0 heterocycles. The van der Waals surface area contributed by atoms with Crippen LogP contribution in [-0.4, -0.2) is 12.6 Å². The Morgan fingerprint density at radius 3 is 2.71 bits per heavy atom. The van der Waals surface area contributed by atoms with Crippen LogP contribution in [0.25, 0.3) is 0 Å². The number of allylic oxidation sites excluding steroid dienone is 1. The fourth-order valence-electron chi connectivity index (χ4n) is 2.65. The standard InChI is InChI=1S/C16H31N/c1-4-11-17-16(12-14(3)5-2)13-15-9-7-6-8-10-15/h9,14,16-17H,4-8,10-13H2,1-3H3. The second-order valence-corrected chi connectivity index (χ2v) is 5.71. The van der Waals surface area contributed by atoms with Crippen LogP contribution >= 0.6 is 0 Å². The van der Waals surface area contributed by atoms with Gasteiger partial charge in [0.05, 0.1) is 0 Å². The van der Waals surface area contributed by atoms with Crippen molar-refractivity contribution in [3.05, 3.63) is 11.6 Å². The van der Waals surface area contributed by atoms with Crippen LogP contribution in [-0.2, 0) is 0 Å². The summed E-state index contributed by atoms with van der Waals surface area (Å²) >= 11 is 0. The Balaban J connectivity index is 2.40. The highest BCUT2D eigenvalue weighted by molar-refractivity contribution is 5.07. The fourth-order valence-corrected chi connectivity index (χ4v) is 2.65. The number of hydrogen-bond acceptors (Lipinski definition) is 1. The van der Waals surface area contributed by atoms with E-state index < -0.39 is 0 Å². The molecule has 1 aliphatic rings. The summed E-state index contributed by atoms with van der Waals surface area (Å²) in [6.45, 7) is 8.12. The van der Waals surface area contributed by atoms with Crippen molar-refractivity contribution in [3.8, 4) is 0 Å². The molecule has 0 aliphatic heterocycles. The average molecular weight is 237 g/mol. The van der Waals surface area contributed by atoms with Crippen LogP contribution in [0.1, 0.15) is 72.1 Å². The molecule has 0 saturated carbocycles. The van der Waals surface area contributed by atoms with E-state index in [1.807, 2.05) is 0 Å². The lowest BCUT2D eigenvalue weighted by Crippen LogP contribution is -2.32. The Morgan fingerprint density at radius 1 is 1.29 bits per heavy atom. The first-order valence-corrected chi connectivity index (χ1v) is 7.67. The number of rotatable bonds is 8. The maximum absolute atomic E-state index is 3.74. The van der Waals surface area contributed by atoms with Gasteiger partial charge in [-0.3, -0.25) is 0 Å². The van der Waals surface area contributed by atoms with Crippen molar-refractivity contribution in [3.63, 3.8) is 0 Å². The smallest absolute Gasteiger partial charge is 0.0107 e. The quantitative estimate of drug-likeness (QED) is 0.604. The van der Waals surface area contributed by atoms with Gasteiger partial charge in [0.15, 0.2) is 0 Å². The van der Waals surface area contributed by atoms with E-state index in [4.69, 9.17) is 0 Å². The molecule has 0 amide bonds. The summed E-state index contributed by atoms with van der Waals surface area (Å²) in [6.07, 6.45) is 13.2. The monoisotopic (exact) mass is 237 g/mol. The van der Waals surface area contributed by atoms with Crippen molar-refractivity contribution in [1.82, 2.24) is 5.32 Å². The van der Waals surface area contributed by atoms with Crippen molar-refractivity contribution in [2.45, 2.75) is 78.2 Å². The third kappa shape index (κ3) is 6.26. The second kappa shape index (κ2) is 8.74. The number of hydrogen-bond donors (Lipinski definition) is 1. The zero-order valence-corrected chi connectivity index (χ0v) is 12.1. The molecular weight excluding hydrogens is 206 g/mol. The SMILES string of the molecule is CCCNC(CC1=CCCCC1)CC(C)CC. The first-order valence-electron chi connectivity index (χ1n) is 7.67. The summed E-state index contributed by atoms with van der Waals surface area (Å²) in [5.41, 5.74) is 1.72. The van der Waals surface area contributed by atoms with Gasteiger partial charge < -0.3 is 5.32 Å². The van der Waals surface area contributed by atoms with Crippen molar-refractivity contribution in [1.29, 1.82) is 0 Å². The molecule has 17 heavy (non-hydrogen) atoms. The van der Waals surface area contributed by atoms with Gasteiger partial charge in [-0.15, -0.1) is 0 Å². The Kier molecular flexibility index (Phi) is 7.59. The molecule has 0 aromatic heterocycles. The minimum Gasteiger partial charge on any atom is -0.314 e. The molecule has 0 spiro atoms. The Morgan fingerprint density at radius 2 is 2.12 bits per heavy atom. The minimum atomic E-state index is 0.717. The summed E-state index contributed by atoms with van der Waals surface area (Å²) in [5.74, 6) is 0.855. The molecule has 100 valence electrons. The number of nitrogens with one attached hydrogen (secondary N) is 1. The normalized spacial score (nSPS) is 19.8. The zero-order chi connectivity index (χ0) is 12.5. The first-order chi connectivity index (χ1) is 8.26. The van der Waals surface area contributed by atoms with Crippen LogP contribution in [0.4, 0.5) is 0 Å². The molecule has 1 nitrogen and oxygen atoms in total. The lowest BCUT2D eigenvalue weighted by Gasteiger charge is -2.24. The van der Waals surface area contributed by atoms with E-state index in [1.54, 1.807) is 5.57 Å². The molecule has 1 N–H and O–H groups in total. The van der Waals surface area contributed by atoms with E-state index in [2.05, 4.69) is 32.2 Å². The second-order valence-electron chi connectivity index (χ2n) is 5.71. The summed E-state index contributed by atoms with van der Waals surface area (Å²) < 4.78 is 0. The van der Waals surface area contributed by atoms with Gasteiger partial charge in [0, 0.05) is 6.04 Å². The Bertz CT molecular complexity index is 220. The molecular formula is C16H31N. The summed E-state index contributed by atoms with van der Waals surface area (Å²) in [6, 6.07) is 0.717. The summed E-state index contributed by atoms with van der Waals surface area (Å²) in [4.78, 5) is 0. The molecule has 1 heteroatoms. The van der Waals surface area contributed by atoms with Crippen molar-refractivity contribution in [2.24, 2.45) is 5.92 Å². The zero-order valence-electron chi connectivity index (χ0n) is 12.1. The molecule has 0 aromatic carbocycles. The van der Waals surface area contributed by atoms with E-state index in [9.17, 15) is 0 Å². The molecule has 2 atom stereocenters. The largest absolute Gasteiger partial charge is 0.314 e. The average Bonchev–Trinajstić information content (AvgIpc) is 2.37. The minimum absolute atomic E-state index is 0.717. The van der Waals surface area contributed by atoms with Gasteiger partial charge in [0.1, 0.15) is 0 Å². The Labute approximate surface area is 108 Å². The van der Waals surface area contributed by atoms with Crippen LogP contribution in [0.2, 0.25) is 0 Å². The third-order valence-electron chi connectivity index (χ3n) is 3.96. The highest BCUT2D eigenvalue weighted by Gasteiger charge is 2.14. The molecule has 0 radical (unpaired) electrons. The maximum atomic E-state index is 3.74. The third-order valence-corrected chi connectivity index (χ3v) is 3.96. The molecule has 0 aromatic rings. The van der Waals surface area contributed by atoms with Gasteiger partial charge >= 0.3 is 0 Å². The maximum Gasteiger partial charge on any atom is 0.0107 e. The molecule has 0 bridgehead atoms. The van der Waals surface area contributed by atoms with Crippen molar-refractivity contribution >= 4 is 0 Å². The van der Waals surface area contributed by atoms with Crippen molar-refractivity contribution < 1.29 is 0 Å². The van der Waals surface area contributed by atoms with Crippen LogP contribution in [0.5, 0.6) is 0 Å². The van der Waals surface area contributed by atoms with Crippen LogP contribution < -0.4 is 5.32 Å². The van der Waals surface area contributed by atoms with Gasteiger partial charge in [0.2, 0.25) is 0 Å². The van der Waals surface area contributed by atoms with E-state index >= 15 is 0 Å². The van der Waals surface area contributed by atoms with E-state index in [0.29, 0.717) is 6.04 Å². The van der Waals surface area contributed by atoms with Crippen molar-refractivity contribution in [2.75, 3.05) is 6.54 Å². The van der Waals surface area contributed by atoms with Gasteiger partial charge in [-0.05, 0) is 57.4 Å². The fraction of sp³-hybridized carbons (Fsp3) is 0.875. The van der Waals surface area contributed by atoms with Crippen LogP contribution in [0.15, 0.2) is 11.6 Å². The highest BCUT2D eigenvalue weighted by atomic mass is 14.9. The van der Waals surface area contributed by atoms with Gasteiger partial charge in [0.25, 0.3) is 0 Å². The molecule has 0 saturated heterocycles. The van der Waals surface area contributed by atoms with Crippen LogP contribution in [0.3, 0.4) is 0 Å². The van der Waals surface area contributed by atoms with Gasteiger partial charge in [-0.2, -0.15) is 0 Å². The first kappa shape index (κ1) is 14.8. The highest BCUT2D eigenvalue weighted by Crippen LogP contribution is 2.24. The molecule has 1 rings (SSSR count). The summed E-state index contributed by atoms with van der Waals surface area (Å²) in [7, 11) is 0. The predicted octanol–water partition coefficient (Wildman–Crippen LogP) is 4.68. The summed E-state index contributed by atoms with van der Waals surface area (Å²) in [5, 5.41) is 3.74. The Hall–Kier alpha value is -0.300. The van der Waals surface area contributed by atoms with Gasteiger partial charge in [-0.1, -0.05) is 38.8 Å². The predicted molar refractivity (Wildman–Crippen MR) is 77.3 cm³/mol. The van der Waals surface area contributed by atoms with Gasteiger partial charge in [-0.25, -0.2) is 0 Å². The molecule has 1 aliphatic carbocycles.